The van der Waals surface area contributed by atoms with E-state index < -0.39 is 11.5 Å². The highest BCUT2D eigenvalue weighted by atomic mass is 16.5. The van der Waals surface area contributed by atoms with Gasteiger partial charge >= 0.3 is 5.97 Å². The van der Waals surface area contributed by atoms with E-state index in [1.165, 1.54) is 10.6 Å². The summed E-state index contributed by atoms with van der Waals surface area (Å²) in [5, 5.41) is 0. The van der Waals surface area contributed by atoms with E-state index in [9.17, 15) is 14.4 Å². The predicted octanol–water partition coefficient (Wildman–Crippen LogP) is 2.92. The molecule has 0 atom stereocenters. The van der Waals surface area contributed by atoms with E-state index in [0.717, 1.165) is 0 Å². The van der Waals surface area contributed by atoms with Gasteiger partial charge in [0.25, 0.3) is 5.56 Å². The second-order valence-corrected chi connectivity index (χ2v) is 6.13. The summed E-state index contributed by atoms with van der Waals surface area (Å²) in [5.74, 6) is -0.736. The SMILES string of the molecule is CC(C)OC(=O)c1cc2c(n(-c3ccccc3)c1=O)CCCC2=O. The minimum absolute atomic E-state index is 0.0421. The van der Waals surface area contributed by atoms with Crippen molar-refractivity contribution in [1.82, 2.24) is 4.57 Å². The lowest BCUT2D eigenvalue weighted by Crippen LogP contribution is -2.33. The van der Waals surface area contributed by atoms with E-state index in [4.69, 9.17) is 4.74 Å². The molecule has 5 nitrogen and oxygen atoms in total. The number of ether oxygens (including phenoxy) is 1. The molecule has 0 radical (unpaired) electrons. The van der Waals surface area contributed by atoms with Crippen LogP contribution in [-0.2, 0) is 11.2 Å². The number of ketones is 1. The molecule has 0 N–H and O–H groups in total. The summed E-state index contributed by atoms with van der Waals surface area (Å²) in [6.45, 7) is 3.44. The number of para-hydroxylation sites is 1. The van der Waals surface area contributed by atoms with E-state index in [1.807, 2.05) is 18.2 Å². The van der Waals surface area contributed by atoms with Crippen molar-refractivity contribution in [3.05, 3.63) is 63.6 Å². The molecule has 1 heterocycles. The number of pyridine rings is 1. The first-order valence-corrected chi connectivity index (χ1v) is 8.07. The second-order valence-electron chi connectivity index (χ2n) is 6.13. The van der Waals surface area contributed by atoms with Crippen molar-refractivity contribution in [2.24, 2.45) is 0 Å². The topological polar surface area (TPSA) is 65.4 Å². The summed E-state index contributed by atoms with van der Waals surface area (Å²) in [7, 11) is 0. The molecular formula is C19H19NO4. The summed E-state index contributed by atoms with van der Waals surface area (Å²) >= 11 is 0. The molecule has 3 rings (SSSR count). The van der Waals surface area contributed by atoms with Gasteiger partial charge in [0, 0.05) is 23.4 Å². The Balaban J connectivity index is 2.27. The third-order valence-electron chi connectivity index (χ3n) is 4.00. The largest absolute Gasteiger partial charge is 0.459 e. The van der Waals surface area contributed by atoms with E-state index in [1.54, 1.807) is 26.0 Å². The highest BCUT2D eigenvalue weighted by molar-refractivity contribution is 6.00. The quantitative estimate of drug-likeness (QED) is 0.814. The lowest BCUT2D eigenvalue weighted by Gasteiger charge is -2.21. The molecular weight excluding hydrogens is 306 g/mol. The molecule has 1 aliphatic rings. The number of hydrogen-bond acceptors (Lipinski definition) is 4. The van der Waals surface area contributed by atoms with Gasteiger partial charge in [0.05, 0.1) is 6.10 Å². The van der Waals surface area contributed by atoms with Crippen LogP contribution in [0.1, 0.15) is 53.1 Å². The average molecular weight is 325 g/mol. The fourth-order valence-corrected chi connectivity index (χ4v) is 2.97. The Kier molecular flexibility index (Phi) is 4.34. The normalized spacial score (nSPS) is 13.7. The van der Waals surface area contributed by atoms with Crippen LogP contribution in [0, 0.1) is 0 Å². The van der Waals surface area contributed by atoms with Gasteiger partial charge in [-0.3, -0.25) is 14.2 Å². The van der Waals surface area contributed by atoms with Gasteiger partial charge in [0.1, 0.15) is 5.56 Å². The second kappa shape index (κ2) is 6.43. The Bertz CT molecular complexity index is 850. The first-order chi connectivity index (χ1) is 11.5. The zero-order chi connectivity index (χ0) is 17.3. The first kappa shape index (κ1) is 16.2. The first-order valence-electron chi connectivity index (χ1n) is 8.07. The average Bonchev–Trinajstić information content (AvgIpc) is 2.54. The molecule has 24 heavy (non-hydrogen) atoms. The number of carbonyl (C=O) groups is 2. The van der Waals surface area contributed by atoms with Crippen LogP contribution >= 0.6 is 0 Å². The Labute approximate surface area is 139 Å². The Morgan fingerprint density at radius 1 is 1.12 bits per heavy atom. The monoisotopic (exact) mass is 325 g/mol. The van der Waals surface area contributed by atoms with E-state index >= 15 is 0 Å². The highest BCUT2D eigenvalue weighted by Gasteiger charge is 2.26. The van der Waals surface area contributed by atoms with Gasteiger partial charge in [-0.15, -0.1) is 0 Å². The Morgan fingerprint density at radius 3 is 2.50 bits per heavy atom. The minimum Gasteiger partial charge on any atom is -0.459 e. The Morgan fingerprint density at radius 2 is 1.83 bits per heavy atom. The van der Waals surface area contributed by atoms with Crippen molar-refractivity contribution in [1.29, 1.82) is 0 Å². The standard InChI is InChI=1S/C19H19NO4/c1-12(2)24-19(23)15-11-14-16(9-6-10-17(14)21)20(18(15)22)13-7-4-3-5-8-13/h3-5,7-8,11-12H,6,9-10H2,1-2H3. The predicted molar refractivity (Wildman–Crippen MR) is 89.9 cm³/mol. The molecule has 1 aromatic heterocycles. The Hall–Kier alpha value is -2.69. The maximum Gasteiger partial charge on any atom is 0.344 e. The van der Waals surface area contributed by atoms with Gasteiger partial charge in [-0.25, -0.2) is 4.79 Å². The summed E-state index contributed by atoms with van der Waals surface area (Å²) < 4.78 is 6.65. The van der Waals surface area contributed by atoms with Crippen molar-refractivity contribution < 1.29 is 14.3 Å². The van der Waals surface area contributed by atoms with Crippen LogP contribution < -0.4 is 5.56 Å². The van der Waals surface area contributed by atoms with Crippen LogP contribution in [0.5, 0.6) is 0 Å². The molecule has 0 unspecified atom stereocenters. The molecule has 0 fully saturated rings. The van der Waals surface area contributed by atoms with Crippen LogP contribution in [-0.4, -0.2) is 22.4 Å². The van der Waals surface area contributed by atoms with Crippen molar-refractivity contribution in [2.45, 2.75) is 39.2 Å². The number of carbonyl (C=O) groups excluding carboxylic acids is 2. The molecule has 0 amide bonds. The number of esters is 1. The van der Waals surface area contributed by atoms with Crippen molar-refractivity contribution in [3.8, 4) is 5.69 Å². The number of benzene rings is 1. The zero-order valence-corrected chi connectivity index (χ0v) is 13.7. The minimum atomic E-state index is -0.694. The molecule has 0 spiro atoms. The van der Waals surface area contributed by atoms with Gasteiger partial charge in [0.2, 0.25) is 0 Å². The lowest BCUT2D eigenvalue weighted by molar-refractivity contribution is 0.0375. The van der Waals surface area contributed by atoms with E-state index in [-0.39, 0.29) is 17.5 Å². The maximum absolute atomic E-state index is 12.9. The van der Waals surface area contributed by atoms with Crippen LogP contribution in [0.2, 0.25) is 0 Å². The van der Waals surface area contributed by atoms with Crippen molar-refractivity contribution in [3.63, 3.8) is 0 Å². The fraction of sp³-hybridized carbons (Fsp3) is 0.316. The van der Waals surface area contributed by atoms with Crippen molar-refractivity contribution >= 4 is 11.8 Å². The van der Waals surface area contributed by atoms with Crippen LogP contribution in [0.15, 0.2) is 41.2 Å². The van der Waals surface area contributed by atoms with E-state index in [2.05, 4.69) is 0 Å². The molecule has 0 saturated carbocycles. The highest BCUT2D eigenvalue weighted by Crippen LogP contribution is 2.23. The summed E-state index contributed by atoms with van der Waals surface area (Å²) in [4.78, 5) is 37.5. The number of aromatic nitrogens is 1. The molecule has 0 saturated heterocycles. The summed E-state index contributed by atoms with van der Waals surface area (Å²) in [6.07, 6.45) is 1.42. The van der Waals surface area contributed by atoms with Crippen LogP contribution in [0.3, 0.4) is 0 Å². The number of Topliss-reactive ketones (excluding diaryl/α,β-unsaturated/α-hetero) is 1. The smallest absolute Gasteiger partial charge is 0.344 e. The van der Waals surface area contributed by atoms with Gasteiger partial charge < -0.3 is 4.74 Å². The summed E-state index contributed by atoms with van der Waals surface area (Å²) in [5.41, 5.74) is 1.22. The number of hydrogen-bond donors (Lipinski definition) is 0. The molecule has 0 bridgehead atoms. The summed E-state index contributed by atoms with van der Waals surface area (Å²) in [6, 6.07) is 10.5. The number of nitrogens with zero attached hydrogens (tertiary/aromatic N) is 1. The molecule has 1 aromatic carbocycles. The maximum atomic E-state index is 12.9. The molecule has 124 valence electrons. The van der Waals surface area contributed by atoms with E-state index in [0.29, 0.717) is 36.2 Å². The number of rotatable bonds is 3. The van der Waals surface area contributed by atoms with Gasteiger partial charge in [-0.1, -0.05) is 18.2 Å². The van der Waals surface area contributed by atoms with Gasteiger partial charge in [-0.2, -0.15) is 0 Å². The van der Waals surface area contributed by atoms with Crippen LogP contribution in [0.25, 0.3) is 5.69 Å². The van der Waals surface area contributed by atoms with Gasteiger partial charge in [0.15, 0.2) is 5.78 Å². The third kappa shape index (κ3) is 2.89. The van der Waals surface area contributed by atoms with Gasteiger partial charge in [-0.05, 0) is 44.9 Å². The third-order valence-corrected chi connectivity index (χ3v) is 4.00. The van der Waals surface area contributed by atoms with Crippen molar-refractivity contribution in [2.75, 3.05) is 0 Å². The molecule has 2 aromatic rings. The van der Waals surface area contributed by atoms with Crippen LogP contribution in [0.4, 0.5) is 0 Å². The molecule has 0 aliphatic heterocycles. The molecule has 1 aliphatic carbocycles. The lowest BCUT2D eigenvalue weighted by atomic mass is 9.93. The number of fused-ring (bicyclic) bond motifs is 1. The zero-order valence-electron chi connectivity index (χ0n) is 13.7. The fourth-order valence-electron chi connectivity index (χ4n) is 2.97. The molecule has 5 heteroatoms.